The molecule has 0 spiro atoms. The van der Waals surface area contributed by atoms with Gasteiger partial charge in [0.1, 0.15) is 10.3 Å². The molecule has 19 heavy (non-hydrogen) atoms. The lowest BCUT2D eigenvalue weighted by molar-refractivity contribution is 0.180. The Morgan fingerprint density at radius 2 is 2.32 bits per heavy atom. The van der Waals surface area contributed by atoms with Crippen molar-refractivity contribution < 1.29 is 4.74 Å². The molecule has 0 unspecified atom stereocenters. The third-order valence-electron chi connectivity index (χ3n) is 2.57. The Bertz CT molecular complexity index is 620. The van der Waals surface area contributed by atoms with Gasteiger partial charge < -0.3 is 9.72 Å². The molecule has 6 nitrogen and oxygen atoms in total. The van der Waals surface area contributed by atoms with Crippen LogP contribution in [0.1, 0.15) is 19.0 Å². The summed E-state index contributed by atoms with van der Waals surface area (Å²) in [5.41, 5.74) is 1.14. The van der Waals surface area contributed by atoms with Crippen molar-refractivity contribution in [3.63, 3.8) is 0 Å². The monoisotopic (exact) mass is 326 g/mol. The number of nitrogens with zero attached hydrogens (tertiary/aromatic N) is 3. The zero-order valence-corrected chi connectivity index (χ0v) is 12.4. The minimum absolute atomic E-state index is 0.222. The lowest BCUT2D eigenvalue weighted by Gasteiger charge is -2.04. The van der Waals surface area contributed by atoms with E-state index in [0.717, 1.165) is 18.5 Å². The first-order chi connectivity index (χ1) is 9.15. The largest absolute Gasteiger partial charge is 0.378 e. The van der Waals surface area contributed by atoms with Gasteiger partial charge in [0.15, 0.2) is 0 Å². The minimum Gasteiger partial charge on any atom is -0.378 e. The maximum Gasteiger partial charge on any atom is 0.265 e. The second-order valence-corrected chi connectivity index (χ2v) is 4.89. The number of rotatable bonds is 5. The fourth-order valence-electron chi connectivity index (χ4n) is 1.71. The van der Waals surface area contributed by atoms with Crippen molar-refractivity contribution in [1.29, 1.82) is 0 Å². The number of aromatic nitrogens is 4. The molecular formula is C12H15BrN4O2. The molecule has 7 heteroatoms. The van der Waals surface area contributed by atoms with Gasteiger partial charge in [-0.15, -0.1) is 0 Å². The van der Waals surface area contributed by atoms with Gasteiger partial charge in [0.25, 0.3) is 5.56 Å². The fourth-order valence-corrected chi connectivity index (χ4v) is 2.01. The Balaban J connectivity index is 2.40. The Kier molecular flexibility index (Phi) is 4.49. The predicted octanol–water partition coefficient (Wildman–Crippen LogP) is 1.95. The highest BCUT2D eigenvalue weighted by Gasteiger charge is 2.11. The molecule has 0 amide bonds. The lowest BCUT2D eigenvalue weighted by atomic mass is 10.3. The van der Waals surface area contributed by atoms with Crippen LogP contribution in [0.15, 0.2) is 21.7 Å². The van der Waals surface area contributed by atoms with Crippen LogP contribution < -0.4 is 5.56 Å². The van der Waals surface area contributed by atoms with Crippen LogP contribution >= 0.6 is 15.9 Å². The van der Waals surface area contributed by atoms with E-state index in [-0.39, 0.29) is 12.2 Å². The Morgan fingerprint density at radius 1 is 1.53 bits per heavy atom. The van der Waals surface area contributed by atoms with Crippen LogP contribution in [0.25, 0.3) is 11.4 Å². The molecule has 0 radical (unpaired) electrons. The number of ether oxygens (including phenoxy) is 1. The van der Waals surface area contributed by atoms with Crippen LogP contribution in [-0.2, 0) is 17.9 Å². The summed E-state index contributed by atoms with van der Waals surface area (Å²) in [5.74, 6) is 0.502. The number of aromatic amines is 1. The Morgan fingerprint density at radius 3 is 3.00 bits per heavy atom. The average Bonchev–Trinajstić information content (AvgIpc) is 2.84. The summed E-state index contributed by atoms with van der Waals surface area (Å²) in [5, 5.41) is 4.22. The highest BCUT2D eigenvalue weighted by molar-refractivity contribution is 9.10. The fraction of sp³-hybridized carbons (Fsp3) is 0.417. The number of hydrogen-bond acceptors (Lipinski definition) is 4. The Labute approximate surface area is 119 Å². The van der Waals surface area contributed by atoms with E-state index in [9.17, 15) is 4.79 Å². The van der Waals surface area contributed by atoms with Gasteiger partial charge in [-0.25, -0.2) is 4.98 Å². The van der Waals surface area contributed by atoms with E-state index < -0.39 is 0 Å². The molecule has 1 N–H and O–H groups in total. The van der Waals surface area contributed by atoms with Crippen LogP contribution in [0, 0.1) is 0 Å². The molecule has 2 rings (SSSR count). The van der Waals surface area contributed by atoms with Crippen molar-refractivity contribution in [1.82, 2.24) is 19.7 Å². The van der Waals surface area contributed by atoms with Gasteiger partial charge in [-0.05, 0) is 22.4 Å². The quantitative estimate of drug-likeness (QED) is 0.911. The lowest BCUT2D eigenvalue weighted by Crippen LogP contribution is -2.14. The second-order valence-electron chi connectivity index (χ2n) is 4.10. The topological polar surface area (TPSA) is 72.8 Å². The van der Waals surface area contributed by atoms with Crippen molar-refractivity contribution in [2.24, 2.45) is 0 Å². The van der Waals surface area contributed by atoms with Crippen LogP contribution in [0.5, 0.6) is 0 Å². The van der Waals surface area contributed by atoms with Crippen molar-refractivity contribution in [2.45, 2.75) is 26.5 Å². The van der Waals surface area contributed by atoms with Gasteiger partial charge in [0.2, 0.25) is 0 Å². The summed E-state index contributed by atoms with van der Waals surface area (Å²) in [6, 6.07) is 0. The summed E-state index contributed by atoms with van der Waals surface area (Å²) in [6.45, 7) is 3.20. The number of hydrogen-bond donors (Lipinski definition) is 1. The van der Waals surface area contributed by atoms with Crippen LogP contribution in [0.2, 0.25) is 0 Å². The molecule has 2 heterocycles. The molecule has 0 fully saturated rings. The molecule has 0 aliphatic carbocycles. The smallest absolute Gasteiger partial charge is 0.265 e. The zero-order valence-electron chi connectivity index (χ0n) is 10.8. The number of nitrogens with one attached hydrogen (secondary N) is 1. The molecule has 102 valence electrons. The molecular weight excluding hydrogens is 312 g/mol. The molecule has 0 aliphatic rings. The third-order valence-corrected chi connectivity index (χ3v) is 3.39. The van der Waals surface area contributed by atoms with Gasteiger partial charge in [-0.2, -0.15) is 5.10 Å². The number of H-pyrrole nitrogens is 1. The van der Waals surface area contributed by atoms with E-state index in [2.05, 4.69) is 37.9 Å². The molecule has 0 aliphatic heterocycles. The first-order valence-corrected chi connectivity index (χ1v) is 6.75. The maximum atomic E-state index is 11.8. The first kappa shape index (κ1) is 14.0. The molecule has 0 saturated carbocycles. The van der Waals surface area contributed by atoms with E-state index in [1.807, 2.05) is 10.9 Å². The molecule has 2 aromatic heterocycles. The highest BCUT2D eigenvalue weighted by atomic mass is 79.9. The van der Waals surface area contributed by atoms with E-state index in [0.29, 0.717) is 16.0 Å². The molecule has 0 bridgehead atoms. The average molecular weight is 327 g/mol. The maximum absolute atomic E-state index is 11.8. The van der Waals surface area contributed by atoms with Gasteiger partial charge in [0, 0.05) is 19.9 Å². The van der Waals surface area contributed by atoms with E-state index in [4.69, 9.17) is 4.74 Å². The summed E-state index contributed by atoms with van der Waals surface area (Å²) in [7, 11) is 1.56. The number of aryl methyl sites for hydroxylation is 1. The van der Waals surface area contributed by atoms with E-state index >= 15 is 0 Å². The third kappa shape index (κ3) is 3.10. The first-order valence-electron chi connectivity index (χ1n) is 5.96. The van der Waals surface area contributed by atoms with Crippen LogP contribution in [0.4, 0.5) is 0 Å². The van der Waals surface area contributed by atoms with Gasteiger partial charge in [-0.1, -0.05) is 6.92 Å². The van der Waals surface area contributed by atoms with Crippen molar-refractivity contribution in [3.05, 3.63) is 32.9 Å². The molecule has 0 saturated heterocycles. The Hall–Kier alpha value is -1.47. The van der Waals surface area contributed by atoms with E-state index in [1.54, 1.807) is 13.3 Å². The standard InChI is InChI=1S/C12H15BrN4O2/c1-3-4-17-6-8(5-14-17)11-15-9(7-19-2)10(13)12(18)16-11/h5-6H,3-4,7H2,1-2H3,(H,15,16,18). The highest BCUT2D eigenvalue weighted by Crippen LogP contribution is 2.17. The van der Waals surface area contributed by atoms with Gasteiger partial charge in [-0.3, -0.25) is 9.48 Å². The summed E-state index contributed by atoms with van der Waals surface area (Å²) < 4.78 is 7.26. The minimum atomic E-state index is -0.222. The number of methoxy groups -OCH3 is 1. The molecule has 2 aromatic rings. The van der Waals surface area contributed by atoms with Crippen molar-refractivity contribution in [3.8, 4) is 11.4 Å². The summed E-state index contributed by atoms with van der Waals surface area (Å²) in [4.78, 5) is 18.9. The van der Waals surface area contributed by atoms with E-state index in [1.165, 1.54) is 0 Å². The van der Waals surface area contributed by atoms with Gasteiger partial charge >= 0.3 is 0 Å². The summed E-state index contributed by atoms with van der Waals surface area (Å²) in [6.07, 6.45) is 4.56. The van der Waals surface area contributed by atoms with Gasteiger partial charge in [0.05, 0.1) is 24.1 Å². The zero-order chi connectivity index (χ0) is 13.8. The van der Waals surface area contributed by atoms with Crippen molar-refractivity contribution in [2.75, 3.05) is 7.11 Å². The predicted molar refractivity (Wildman–Crippen MR) is 74.8 cm³/mol. The summed E-state index contributed by atoms with van der Waals surface area (Å²) >= 11 is 3.21. The van der Waals surface area contributed by atoms with Crippen LogP contribution in [-0.4, -0.2) is 26.9 Å². The van der Waals surface area contributed by atoms with Crippen molar-refractivity contribution >= 4 is 15.9 Å². The van der Waals surface area contributed by atoms with Crippen LogP contribution in [0.3, 0.4) is 0 Å². The molecule has 0 aromatic carbocycles. The SMILES string of the molecule is CCCn1cc(-c2nc(COC)c(Br)c(=O)[nH]2)cn1. The second kappa shape index (κ2) is 6.12. The number of halogens is 1. The normalized spacial score (nSPS) is 10.9. The molecule has 0 atom stereocenters.